The summed E-state index contributed by atoms with van der Waals surface area (Å²) in [5.74, 6) is -10.4. The van der Waals surface area contributed by atoms with Crippen molar-refractivity contribution < 1.29 is 47.7 Å². The number of likely N-dealkylation sites (tertiary alicyclic amines) is 2. The summed E-state index contributed by atoms with van der Waals surface area (Å²) in [4.78, 5) is 78.0. The largest absolute Gasteiger partial charge is 0.505 e. The normalized spacial score (nSPS) is 31.0. The van der Waals surface area contributed by atoms with Crippen molar-refractivity contribution in [3.8, 4) is 5.75 Å². The van der Waals surface area contributed by atoms with Crippen LogP contribution in [0.4, 0.5) is 14.0 Å². The molecule has 6 amide bonds. The number of aromatic hydroxyl groups is 1. The number of hydrogen-bond donors (Lipinski definition) is 1. The molecule has 2 aliphatic carbocycles. The van der Waals surface area contributed by atoms with Gasteiger partial charge in [0.2, 0.25) is 23.6 Å². The molecule has 2 saturated heterocycles. The second kappa shape index (κ2) is 8.25. The molecular formula is C24H21FN2O9. The number of carbonyl (C=O) groups is 6. The number of phenols is 1. The second-order valence-electron chi connectivity index (χ2n) is 9.20. The van der Waals surface area contributed by atoms with E-state index in [1.54, 1.807) is 6.08 Å². The van der Waals surface area contributed by atoms with E-state index in [0.29, 0.717) is 15.4 Å². The average molecular weight is 500 g/mol. The average Bonchev–Trinajstić information content (AvgIpc) is 3.27. The zero-order valence-electron chi connectivity index (χ0n) is 19.2. The van der Waals surface area contributed by atoms with Crippen LogP contribution < -0.4 is 0 Å². The predicted octanol–water partition coefficient (Wildman–Crippen LogP) is 1.70. The summed E-state index contributed by atoms with van der Waals surface area (Å²) in [6.45, 7) is 0. The molecule has 3 fully saturated rings. The fourth-order valence-electron chi connectivity index (χ4n) is 6.22. The molecule has 4 aliphatic rings. The number of methoxy groups -OCH3 is 2. The van der Waals surface area contributed by atoms with Crippen LogP contribution in [0.15, 0.2) is 29.8 Å². The maximum Gasteiger partial charge on any atom is 0.423 e. The maximum absolute atomic E-state index is 14.4. The van der Waals surface area contributed by atoms with Crippen molar-refractivity contribution in [2.75, 3.05) is 14.2 Å². The molecule has 0 aromatic heterocycles. The van der Waals surface area contributed by atoms with Crippen molar-refractivity contribution in [1.82, 2.24) is 9.80 Å². The van der Waals surface area contributed by atoms with Crippen LogP contribution in [-0.4, -0.2) is 64.9 Å². The molecule has 11 nitrogen and oxygen atoms in total. The Labute approximate surface area is 203 Å². The second-order valence-corrected chi connectivity index (χ2v) is 9.20. The van der Waals surface area contributed by atoms with Gasteiger partial charge in [-0.25, -0.2) is 14.0 Å². The molecule has 0 bridgehead atoms. The van der Waals surface area contributed by atoms with E-state index in [1.807, 2.05) is 0 Å². The van der Waals surface area contributed by atoms with E-state index in [0.717, 1.165) is 26.4 Å². The summed E-state index contributed by atoms with van der Waals surface area (Å²) in [5.41, 5.74) is 0.785. The number of nitrogens with zero attached hydrogens (tertiary/aromatic N) is 2. The molecule has 36 heavy (non-hydrogen) atoms. The van der Waals surface area contributed by atoms with Gasteiger partial charge in [0.05, 0.1) is 37.9 Å². The first-order valence-corrected chi connectivity index (χ1v) is 11.2. The third kappa shape index (κ3) is 3.09. The monoisotopic (exact) mass is 500 g/mol. The first-order chi connectivity index (χ1) is 17.1. The minimum atomic E-state index is -1.16. The Morgan fingerprint density at radius 1 is 0.889 bits per heavy atom. The molecule has 1 N–H and O–H groups in total. The van der Waals surface area contributed by atoms with Gasteiger partial charge in [0.15, 0.2) is 11.6 Å². The van der Waals surface area contributed by atoms with Gasteiger partial charge >= 0.3 is 12.2 Å². The highest BCUT2D eigenvalue weighted by Gasteiger charge is 2.63. The van der Waals surface area contributed by atoms with Crippen LogP contribution in [0.3, 0.4) is 0 Å². The number of amides is 6. The van der Waals surface area contributed by atoms with Gasteiger partial charge in [0, 0.05) is 5.92 Å². The van der Waals surface area contributed by atoms with Gasteiger partial charge in [-0.15, -0.1) is 0 Å². The first-order valence-electron chi connectivity index (χ1n) is 11.2. The lowest BCUT2D eigenvalue weighted by atomic mass is 9.57. The van der Waals surface area contributed by atoms with Crippen molar-refractivity contribution in [1.29, 1.82) is 0 Å². The summed E-state index contributed by atoms with van der Waals surface area (Å²) in [6.07, 6.45) is -0.557. The van der Waals surface area contributed by atoms with E-state index >= 15 is 0 Å². The van der Waals surface area contributed by atoms with Crippen LogP contribution in [0, 0.1) is 35.4 Å². The van der Waals surface area contributed by atoms with Gasteiger partial charge < -0.3 is 14.6 Å². The van der Waals surface area contributed by atoms with Crippen molar-refractivity contribution in [3.05, 3.63) is 41.2 Å². The standard InChI is InChI=1S/C24H21FN2O9/c1-35-23(33)26-19(29)11-5-4-10-12(17(11)21(26)31)8-13-18(22(32)27(20(13)30)24(34)36-2)16(10)9-3-6-15(28)14(25)7-9/h3-4,6-7,11-13,16-18,28H,5,8H2,1-2H3. The lowest BCUT2D eigenvalue weighted by Gasteiger charge is -2.43. The zero-order valence-corrected chi connectivity index (χ0v) is 19.2. The summed E-state index contributed by atoms with van der Waals surface area (Å²) in [7, 11) is 2.06. The Kier molecular flexibility index (Phi) is 5.42. The molecule has 2 aliphatic heterocycles. The number of imide groups is 6. The van der Waals surface area contributed by atoms with Gasteiger partial charge in [-0.05, 0) is 36.5 Å². The molecule has 0 radical (unpaired) electrons. The van der Waals surface area contributed by atoms with Gasteiger partial charge in [-0.3, -0.25) is 19.2 Å². The summed E-state index contributed by atoms with van der Waals surface area (Å²) >= 11 is 0. The molecule has 6 unspecified atom stereocenters. The Morgan fingerprint density at radius 2 is 1.47 bits per heavy atom. The molecule has 0 spiro atoms. The molecule has 5 rings (SSSR count). The Balaban J connectivity index is 1.64. The number of rotatable bonds is 1. The highest BCUT2D eigenvalue weighted by atomic mass is 19.1. The zero-order chi connectivity index (χ0) is 26.0. The van der Waals surface area contributed by atoms with E-state index in [4.69, 9.17) is 0 Å². The van der Waals surface area contributed by atoms with E-state index in [2.05, 4.69) is 9.47 Å². The molecule has 1 saturated carbocycles. The van der Waals surface area contributed by atoms with Crippen molar-refractivity contribution in [3.63, 3.8) is 0 Å². The van der Waals surface area contributed by atoms with Crippen molar-refractivity contribution in [2.24, 2.45) is 29.6 Å². The predicted molar refractivity (Wildman–Crippen MR) is 114 cm³/mol. The lowest BCUT2D eigenvalue weighted by molar-refractivity contribution is -0.139. The number of hydrogen-bond acceptors (Lipinski definition) is 9. The Hall–Kier alpha value is -4.09. The molecule has 2 heterocycles. The molecule has 1 aromatic rings. The number of benzene rings is 1. The van der Waals surface area contributed by atoms with E-state index in [1.165, 1.54) is 6.07 Å². The molecule has 12 heteroatoms. The van der Waals surface area contributed by atoms with E-state index in [9.17, 15) is 38.3 Å². The third-order valence-electron chi connectivity index (χ3n) is 7.69. The maximum atomic E-state index is 14.4. The van der Waals surface area contributed by atoms with Crippen LogP contribution in [0.25, 0.3) is 0 Å². The third-order valence-corrected chi connectivity index (χ3v) is 7.69. The van der Waals surface area contributed by atoms with E-state index < -0.39 is 82.9 Å². The quantitative estimate of drug-likeness (QED) is 0.449. The molecule has 6 atom stereocenters. The number of halogens is 1. The highest BCUT2D eigenvalue weighted by Crippen LogP contribution is 2.58. The lowest BCUT2D eigenvalue weighted by Crippen LogP contribution is -2.43. The molecular weight excluding hydrogens is 479 g/mol. The van der Waals surface area contributed by atoms with Gasteiger partial charge in [0.25, 0.3) is 0 Å². The topological polar surface area (TPSA) is 148 Å². The number of ether oxygens (including phenoxy) is 2. The molecule has 188 valence electrons. The SMILES string of the molecule is COC(=O)N1C(=O)C2CC=C3C(CC4C(=O)N(C(=O)OC)C(=O)C4C3c3ccc(O)c(F)c3)C2C1=O. The van der Waals surface area contributed by atoms with Gasteiger partial charge in [-0.2, -0.15) is 9.80 Å². The van der Waals surface area contributed by atoms with Crippen LogP contribution >= 0.6 is 0 Å². The summed E-state index contributed by atoms with van der Waals surface area (Å²) < 4.78 is 23.6. The van der Waals surface area contributed by atoms with Crippen LogP contribution in [-0.2, 0) is 28.7 Å². The Morgan fingerprint density at radius 3 is 2.06 bits per heavy atom. The minimum Gasteiger partial charge on any atom is -0.505 e. The van der Waals surface area contributed by atoms with Crippen LogP contribution in [0.1, 0.15) is 24.3 Å². The Bertz CT molecular complexity index is 1270. The summed E-state index contributed by atoms with van der Waals surface area (Å²) in [6, 6.07) is 3.54. The fourth-order valence-corrected chi connectivity index (χ4v) is 6.22. The van der Waals surface area contributed by atoms with Crippen LogP contribution in [0.2, 0.25) is 0 Å². The number of phenolic OH excluding ortho intramolecular Hbond substituents is 1. The van der Waals surface area contributed by atoms with Crippen molar-refractivity contribution in [2.45, 2.75) is 18.8 Å². The first kappa shape index (κ1) is 23.6. The smallest absolute Gasteiger partial charge is 0.423 e. The number of carbonyl (C=O) groups excluding carboxylic acids is 6. The van der Waals surface area contributed by atoms with Crippen molar-refractivity contribution >= 4 is 35.8 Å². The van der Waals surface area contributed by atoms with Gasteiger partial charge in [0.1, 0.15) is 0 Å². The summed E-state index contributed by atoms with van der Waals surface area (Å²) in [5, 5.41) is 9.68. The molecule has 1 aromatic carbocycles. The van der Waals surface area contributed by atoms with E-state index in [-0.39, 0.29) is 18.4 Å². The van der Waals surface area contributed by atoms with Crippen LogP contribution in [0.5, 0.6) is 5.75 Å². The van der Waals surface area contributed by atoms with Gasteiger partial charge in [-0.1, -0.05) is 17.7 Å². The highest BCUT2D eigenvalue weighted by molar-refractivity contribution is 6.17. The fraction of sp³-hybridized carbons (Fsp3) is 0.417. The number of allylic oxidation sites excluding steroid dienone is 2. The minimum absolute atomic E-state index is 0.0408. The number of fused-ring (bicyclic) bond motifs is 4.